The summed E-state index contributed by atoms with van der Waals surface area (Å²) in [5.74, 6) is 0. The predicted molar refractivity (Wildman–Crippen MR) is 63.5 cm³/mol. The van der Waals surface area contributed by atoms with Gasteiger partial charge < -0.3 is 15.5 Å². The lowest BCUT2D eigenvalue weighted by molar-refractivity contribution is 0.134. The van der Waals surface area contributed by atoms with Crippen molar-refractivity contribution in [2.75, 3.05) is 45.8 Å². The highest BCUT2D eigenvalue weighted by atomic mass is 16.2. The van der Waals surface area contributed by atoms with Gasteiger partial charge in [0, 0.05) is 51.9 Å². The molecule has 1 atom stereocenters. The van der Waals surface area contributed by atoms with Crippen LogP contribution in [0.4, 0.5) is 4.79 Å². The SMILES string of the molecule is CC(CN1CCNCC1)N1CCCNC1=O. The molecule has 2 saturated heterocycles. The third-order valence-corrected chi connectivity index (χ3v) is 3.38. The van der Waals surface area contributed by atoms with Gasteiger partial charge in [0.15, 0.2) is 0 Å². The largest absolute Gasteiger partial charge is 0.338 e. The van der Waals surface area contributed by atoms with Crippen molar-refractivity contribution < 1.29 is 4.79 Å². The van der Waals surface area contributed by atoms with E-state index in [-0.39, 0.29) is 6.03 Å². The number of urea groups is 1. The lowest BCUT2D eigenvalue weighted by atomic mass is 10.2. The second kappa shape index (κ2) is 5.50. The average Bonchev–Trinajstić information content (AvgIpc) is 2.31. The summed E-state index contributed by atoms with van der Waals surface area (Å²) < 4.78 is 0. The predicted octanol–water partition coefficient (Wildman–Crippen LogP) is -0.305. The Morgan fingerprint density at radius 2 is 2.00 bits per heavy atom. The van der Waals surface area contributed by atoms with Crippen LogP contribution in [0, 0.1) is 0 Å². The summed E-state index contributed by atoms with van der Waals surface area (Å²) in [6.07, 6.45) is 1.07. The van der Waals surface area contributed by atoms with Crippen LogP contribution in [0.15, 0.2) is 0 Å². The molecule has 0 radical (unpaired) electrons. The Balaban J connectivity index is 1.81. The standard InChI is InChI=1S/C11H22N4O/c1-10(9-14-7-4-12-5-8-14)15-6-2-3-13-11(15)16/h10,12H,2-9H2,1H3,(H,13,16). The van der Waals surface area contributed by atoms with Gasteiger partial charge in [0.05, 0.1) is 0 Å². The molecule has 1 unspecified atom stereocenters. The summed E-state index contributed by atoms with van der Waals surface area (Å²) in [6.45, 7) is 9.20. The van der Waals surface area contributed by atoms with Crippen LogP contribution in [0.25, 0.3) is 0 Å². The highest BCUT2D eigenvalue weighted by Gasteiger charge is 2.24. The van der Waals surface area contributed by atoms with Gasteiger partial charge in [0.2, 0.25) is 0 Å². The van der Waals surface area contributed by atoms with E-state index in [4.69, 9.17) is 0 Å². The molecule has 92 valence electrons. The fraction of sp³-hybridized carbons (Fsp3) is 0.909. The van der Waals surface area contributed by atoms with Crippen LogP contribution >= 0.6 is 0 Å². The zero-order chi connectivity index (χ0) is 11.4. The molecular weight excluding hydrogens is 204 g/mol. The van der Waals surface area contributed by atoms with E-state index in [1.54, 1.807) is 0 Å². The smallest absolute Gasteiger partial charge is 0.317 e. The molecule has 5 nitrogen and oxygen atoms in total. The molecule has 2 amide bonds. The van der Waals surface area contributed by atoms with Gasteiger partial charge in [0.1, 0.15) is 0 Å². The molecule has 0 spiro atoms. The quantitative estimate of drug-likeness (QED) is 0.694. The minimum atomic E-state index is 0.105. The molecule has 0 saturated carbocycles. The van der Waals surface area contributed by atoms with Crippen molar-refractivity contribution in [3.63, 3.8) is 0 Å². The Hall–Kier alpha value is -0.810. The van der Waals surface area contributed by atoms with Crippen molar-refractivity contribution in [2.24, 2.45) is 0 Å². The number of hydrogen-bond acceptors (Lipinski definition) is 3. The number of nitrogens with one attached hydrogen (secondary N) is 2. The van der Waals surface area contributed by atoms with Crippen molar-refractivity contribution >= 4 is 6.03 Å². The van der Waals surface area contributed by atoms with E-state index < -0.39 is 0 Å². The van der Waals surface area contributed by atoms with Crippen molar-refractivity contribution in [1.29, 1.82) is 0 Å². The zero-order valence-corrected chi connectivity index (χ0v) is 10.0. The number of amides is 2. The minimum absolute atomic E-state index is 0.105. The van der Waals surface area contributed by atoms with Gasteiger partial charge in [0.25, 0.3) is 0 Å². The summed E-state index contributed by atoms with van der Waals surface area (Å²) in [5.41, 5.74) is 0. The number of hydrogen-bond donors (Lipinski definition) is 2. The fourth-order valence-corrected chi connectivity index (χ4v) is 2.43. The summed E-state index contributed by atoms with van der Waals surface area (Å²) in [4.78, 5) is 16.1. The molecule has 0 aromatic carbocycles. The number of nitrogens with zero attached hydrogens (tertiary/aromatic N) is 2. The van der Waals surface area contributed by atoms with Gasteiger partial charge in [-0.05, 0) is 13.3 Å². The summed E-state index contributed by atoms with van der Waals surface area (Å²) in [5, 5.41) is 6.25. The lowest BCUT2D eigenvalue weighted by Crippen LogP contribution is -2.55. The first-order valence-corrected chi connectivity index (χ1v) is 6.25. The molecule has 2 heterocycles. The normalized spacial score (nSPS) is 25.3. The van der Waals surface area contributed by atoms with Gasteiger partial charge in [-0.1, -0.05) is 0 Å². The maximum atomic E-state index is 11.7. The van der Waals surface area contributed by atoms with Crippen LogP contribution in [-0.2, 0) is 0 Å². The third-order valence-electron chi connectivity index (χ3n) is 3.38. The fourth-order valence-electron chi connectivity index (χ4n) is 2.43. The van der Waals surface area contributed by atoms with Gasteiger partial charge in [-0.3, -0.25) is 4.90 Å². The molecule has 0 aromatic heterocycles. The Morgan fingerprint density at radius 3 is 2.69 bits per heavy atom. The first-order chi connectivity index (χ1) is 7.77. The Bertz CT molecular complexity index is 240. The molecule has 2 N–H and O–H groups in total. The van der Waals surface area contributed by atoms with Crippen LogP contribution in [0.1, 0.15) is 13.3 Å². The maximum Gasteiger partial charge on any atom is 0.317 e. The molecule has 2 aliphatic heterocycles. The van der Waals surface area contributed by atoms with Crippen molar-refractivity contribution in [3.8, 4) is 0 Å². The van der Waals surface area contributed by atoms with E-state index in [1.807, 2.05) is 4.90 Å². The van der Waals surface area contributed by atoms with Gasteiger partial charge in [-0.15, -0.1) is 0 Å². The van der Waals surface area contributed by atoms with E-state index >= 15 is 0 Å². The van der Waals surface area contributed by atoms with Gasteiger partial charge in [-0.25, -0.2) is 4.79 Å². The Kier molecular flexibility index (Phi) is 4.01. The number of piperazine rings is 1. The Labute approximate surface area is 97.2 Å². The molecule has 16 heavy (non-hydrogen) atoms. The van der Waals surface area contributed by atoms with Crippen LogP contribution < -0.4 is 10.6 Å². The molecule has 5 heteroatoms. The molecular formula is C11H22N4O. The second-order valence-corrected chi connectivity index (χ2v) is 4.68. The number of rotatable bonds is 3. The van der Waals surface area contributed by atoms with Gasteiger partial charge >= 0.3 is 6.03 Å². The summed E-state index contributed by atoms with van der Waals surface area (Å²) in [6, 6.07) is 0.423. The minimum Gasteiger partial charge on any atom is -0.338 e. The van der Waals surface area contributed by atoms with Crippen LogP contribution in [0.5, 0.6) is 0 Å². The Morgan fingerprint density at radius 1 is 1.25 bits per heavy atom. The highest BCUT2D eigenvalue weighted by molar-refractivity contribution is 5.75. The zero-order valence-electron chi connectivity index (χ0n) is 10.0. The first-order valence-electron chi connectivity index (χ1n) is 6.25. The summed E-state index contributed by atoms with van der Waals surface area (Å²) in [7, 11) is 0. The monoisotopic (exact) mass is 226 g/mol. The van der Waals surface area contributed by atoms with Crippen molar-refractivity contribution in [1.82, 2.24) is 20.4 Å². The lowest BCUT2D eigenvalue weighted by Gasteiger charge is -2.37. The summed E-state index contributed by atoms with van der Waals surface area (Å²) >= 11 is 0. The second-order valence-electron chi connectivity index (χ2n) is 4.68. The number of carbonyl (C=O) groups is 1. The van der Waals surface area contributed by atoms with Crippen LogP contribution in [-0.4, -0.2) is 67.7 Å². The molecule has 2 rings (SSSR count). The van der Waals surface area contributed by atoms with E-state index in [9.17, 15) is 4.79 Å². The number of carbonyl (C=O) groups excluding carboxylic acids is 1. The van der Waals surface area contributed by atoms with E-state index in [2.05, 4.69) is 22.5 Å². The molecule has 0 bridgehead atoms. The molecule has 2 aliphatic rings. The molecule has 0 aromatic rings. The third kappa shape index (κ3) is 2.86. The van der Waals surface area contributed by atoms with Crippen LogP contribution in [0.3, 0.4) is 0 Å². The topological polar surface area (TPSA) is 47.6 Å². The van der Waals surface area contributed by atoms with Crippen molar-refractivity contribution in [3.05, 3.63) is 0 Å². The average molecular weight is 226 g/mol. The maximum absolute atomic E-state index is 11.7. The highest BCUT2D eigenvalue weighted by Crippen LogP contribution is 2.07. The van der Waals surface area contributed by atoms with E-state index in [0.717, 1.165) is 52.2 Å². The van der Waals surface area contributed by atoms with E-state index in [0.29, 0.717) is 6.04 Å². The van der Waals surface area contributed by atoms with E-state index in [1.165, 1.54) is 0 Å². The van der Waals surface area contributed by atoms with Gasteiger partial charge in [-0.2, -0.15) is 0 Å². The van der Waals surface area contributed by atoms with Crippen molar-refractivity contribution in [2.45, 2.75) is 19.4 Å². The molecule has 2 fully saturated rings. The molecule has 0 aliphatic carbocycles. The first kappa shape index (κ1) is 11.7. The van der Waals surface area contributed by atoms with Crippen LogP contribution in [0.2, 0.25) is 0 Å².